The van der Waals surface area contributed by atoms with Crippen LogP contribution in [-0.4, -0.2) is 41.9 Å². The molecule has 1 aromatic heterocycles. The number of nitrogens with zero attached hydrogens (tertiary/aromatic N) is 4. The molecule has 0 spiro atoms. The number of aryl methyl sites for hydroxylation is 1. The van der Waals surface area contributed by atoms with E-state index in [1.807, 2.05) is 30.1 Å². The van der Waals surface area contributed by atoms with Crippen molar-refractivity contribution in [2.24, 2.45) is 4.99 Å². The number of aromatic nitrogens is 2. The van der Waals surface area contributed by atoms with Crippen LogP contribution in [0.5, 0.6) is 11.5 Å². The van der Waals surface area contributed by atoms with Gasteiger partial charge in [-0.2, -0.15) is 4.98 Å². The molecule has 0 atom stereocenters. The van der Waals surface area contributed by atoms with Crippen LogP contribution in [-0.2, 0) is 13.1 Å². The van der Waals surface area contributed by atoms with Crippen molar-refractivity contribution in [2.45, 2.75) is 20.0 Å². The first-order valence-corrected chi connectivity index (χ1v) is 7.25. The summed E-state index contributed by atoms with van der Waals surface area (Å²) in [5.41, 5.74) is 1.11. The zero-order valence-corrected chi connectivity index (χ0v) is 13.4. The summed E-state index contributed by atoms with van der Waals surface area (Å²) >= 11 is 0. The van der Waals surface area contributed by atoms with Gasteiger partial charge in [-0.3, -0.25) is 4.99 Å². The average molecular weight is 317 g/mol. The van der Waals surface area contributed by atoms with Gasteiger partial charge in [0.15, 0.2) is 23.3 Å². The molecule has 8 heteroatoms. The van der Waals surface area contributed by atoms with Gasteiger partial charge in [-0.1, -0.05) is 11.2 Å². The number of hydrogen-bond donors (Lipinski definition) is 1. The second-order valence-electron chi connectivity index (χ2n) is 5.17. The van der Waals surface area contributed by atoms with Gasteiger partial charge < -0.3 is 24.2 Å². The highest BCUT2D eigenvalue weighted by molar-refractivity contribution is 5.79. The molecule has 3 rings (SSSR count). The highest BCUT2D eigenvalue weighted by Gasteiger charge is 2.15. The van der Waals surface area contributed by atoms with E-state index < -0.39 is 0 Å². The lowest BCUT2D eigenvalue weighted by Crippen LogP contribution is -2.38. The van der Waals surface area contributed by atoms with Crippen LogP contribution in [0.4, 0.5) is 0 Å². The van der Waals surface area contributed by atoms with Crippen LogP contribution >= 0.6 is 0 Å². The van der Waals surface area contributed by atoms with Crippen LogP contribution in [0, 0.1) is 6.92 Å². The summed E-state index contributed by atoms with van der Waals surface area (Å²) in [6, 6.07) is 5.91. The summed E-state index contributed by atoms with van der Waals surface area (Å²) < 4.78 is 15.7. The molecule has 0 unspecified atom stereocenters. The molecule has 0 amide bonds. The fourth-order valence-electron chi connectivity index (χ4n) is 2.34. The van der Waals surface area contributed by atoms with Crippen LogP contribution < -0.4 is 14.8 Å². The highest BCUT2D eigenvalue weighted by atomic mass is 16.7. The standard InChI is InChI=1S/C15H19N5O3/c1-10-18-14(19-23-10)7-17-15(16-2)20(3)8-11-4-5-12-13(6-11)22-9-21-12/h4-6H,7-9H2,1-3H3,(H,16,17). The minimum absolute atomic E-state index is 0.280. The van der Waals surface area contributed by atoms with Gasteiger partial charge in [0.1, 0.15) is 0 Å². The molecule has 0 radical (unpaired) electrons. The highest BCUT2D eigenvalue weighted by Crippen LogP contribution is 2.32. The van der Waals surface area contributed by atoms with Crippen LogP contribution in [0.1, 0.15) is 17.3 Å². The van der Waals surface area contributed by atoms with Crippen LogP contribution in [0.3, 0.4) is 0 Å². The Morgan fingerprint density at radius 1 is 1.35 bits per heavy atom. The molecule has 8 nitrogen and oxygen atoms in total. The Bertz CT molecular complexity index is 713. The maximum atomic E-state index is 5.40. The lowest BCUT2D eigenvalue weighted by atomic mass is 10.2. The van der Waals surface area contributed by atoms with Gasteiger partial charge in [-0.15, -0.1) is 0 Å². The predicted molar refractivity (Wildman–Crippen MR) is 83.3 cm³/mol. The topological polar surface area (TPSA) is 85.0 Å². The summed E-state index contributed by atoms with van der Waals surface area (Å²) in [5.74, 6) is 3.45. The van der Waals surface area contributed by atoms with E-state index in [4.69, 9.17) is 14.0 Å². The van der Waals surface area contributed by atoms with E-state index in [-0.39, 0.29) is 6.79 Å². The second-order valence-corrected chi connectivity index (χ2v) is 5.17. The first kappa shape index (κ1) is 15.1. The van der Waals surface area contributed by atoms with Crippen molar-refractivity contribution < 1.29 is 14.0 Å². The average Bonchev–Trinajstić information content (AvgIpc) is 3.16. The summed E-state index contributed by atoms with van der Waals surface area (Å²) in [4.78, 5) is 10.4. The minimum Gasteiger partial charge on any atom is -0.454 e. The van der Waals surface area contributed by atoms with Crippen LogP contribution in [0.25, 0.3) is 0 Å². The molecule has 0 saturated carbocycles. The third-order valence-corrected chi connectivity index (χ3v) is 3.40. The molecule has 0 bridgehead atoms. The Morgan fingerprint density at radius 3 is 2.91 bits per heavy atom. The molecule has 0 aliphatic carbocycles. The first-order chi connectivity index (χ1) is 11.2. The molecule has 1 aliphatic rings. The lowest BCUT2D eigenvalue weighted by Gasteiger charge is -2.21. The minimum atomic E-state index is 0.280. The summed E-state index contributed by atoms with van der Waals surface area (Å²) in [5, 5.41) is 7.06. The number of nitrogens with one attached hydrogen (secondary N) is 1. The maximum absolute atomic E-state index is 5.40. The molecular weight excluding hydrogens is 298 g/mol. The van der Waals surface area contributed by atoms with Gasteiger partial charge in [-0.05, 0) is 17.7 Å². The van der Waals surface area contributed by atoms with Crippen molar-refractivity contribution in [3.05, 3.63) is 35.5 Å². The third kappa shape index (κ3) is 3.53. The zero-order chi connectivity index (χ0) is 16.2. The zero-order valence-electron chi connectivity index (χ0n) is 13.4. The molecule has 2 heterocycles. The Balaban J connectivity index is 1.60. The van der Waals surface area contributed by atoms with E-state index in [1.54, 1.807) is 14.0 Å². The molecule has 1 aliphatic heterocycles. The van der Waals surface area contributed by atoms with Gasteiger partial charge in [-0.25, -0.2) is 0 Å². The predicted octanol–water partition coefficient (Wildman–Crippen LogP) is 1.31. The first-order valence-electron chi connectivity index (χ1n) is 7.25. The summed E-state index contributed by atoms with van der Waals surface area (Å²) in [6.45, 7) is 3.18. The smallest absolute Gasteiger partial charge is 0.231 e. The fourth-order valence-corrected chi connectivity index (χ4v) is 2.34. The van der Waals surface area contributed by atoms with Crippen molar-refractivity contribution in [1.82, 2.24) is 20.4 Å². The van der Waals surface area contributed by atoms with Gasteiger partial charge >= 0.3 is 0 Å². The van der Waals surface area contributed by atoms with E-state index in [0.29, 0.717) is 24.8 Å². The second kappa shape index (κ2) is 6.55. The van der Waals surface area contributed by atoms with Crippen LogP contribution in [0.15, 0.2) is 27.7 Å². The monoisotopic (exact) mass is 317 g/mol. The number of ether oxygens (including phenoxy) is 2. The van der Waals surface area contributed by atoms with Gasteiger partial charge in [0, 0.05) is 27.6 Å². The van der Waals surface area contributed by atoms with Crippen molar-refractivity contribution in [3.8, 4) is 11.5 Å². The molecular formula is C15H19N5O3. The lowest BCUT2D eigenvalue weighted by molar-refractivity contribution is 0.174. The van der Waals surface area contributed by atoms with Crippen molar-refractivity contribution in [3.63, 3.8) is 0 Å². The van der Waals surface area contributed by atoms with E-state index >= 15 is 0 Å². The number of rotatable bonds is 4. The summed E-state index contributed by atoms with van der Waals surface area (Å²) in [7, 11) is 3.70. The molecule has 0 saturated heterocycles. The number of hydrogen-bond acceptors (Lipinski definition) is 6. The number of benzene rings is 1. The fraction of sp³-hybridized carbons (Fsp3) is 0.400. The molecule has 2 aromatic rings. The molecule has 1 aromatic carbocycles. The van der Waals surface area contributed by atoms with Crippen molar-refractivity contribution >= 4 is 5.96 Å². The van der Waals surface area contributed by atoms with Gasteiger partial charge in [0.25, 0.3) is 0 Å². The normalized spacial score (nSPS) is 13.3. The largest absolute Gasteiger partial charge is 0.454 e. The SMILES string of the molecule is CN=C(NCc1noc(C)n1)N(C)Cc1ccc2c(c1)OCO2. The van der Waals surface area contributed by atoms with E-state index in [9.17, 15) is 0 Å². The number of aliphatic imine (C=N–C) groups is 1. The molecule has 0 fully saturated rings. The Hall–Kier alpha value is -2.77. The molecule has 122 valence electrons. The van der Waals surface area contributed by atoms with Gasteiger partial charge in [0.2, 0.25) is 12.7 Å². The van der Waals surface area contributed by atoms with Crippen molar-refractivity contribution in [2.75, 3.05) is 20.9 Å². The summed E-state index contributed by atoms with van der Waals surface area (Å²) in [6.07, 6.45) is 0. The van der Waals surface area contributed by atoms with E-state index in [1.165, 1.54) is 0 Å². The number of guanidine groups is 1. The van der Waals surface area contributed by atoms with Crippen molar-refractivity contribution in [1.29, 1.82) is 0 Å². The maximum Gasteiger partial charge on any atom is 0.231 e. The van der Waals surface area contributed by atoms with Crippen LogP contribution in [0.2, 0.25) is 0 Å². The van der Waals surface area contributed by atoms with E-state index in [2.05, 4.69) is 20.4 Å². The number of fused-ring (bicyclic) bond motifs is 1. The Morgan fingerprint density at radius 2 is 2.17 bits per heavy atom. The molecule has 23 heavy (non-hydrogen) atoms. The Labute approximate surface area is 134 Å². The third-order valence-electron chi connectivity index (χ3n) is 3.40. The van der Waals surface area contributed by atoms with E-state index in [0.717, 1.165) is 23.0 Å². The van der Waals surface area contributed by atoms with Gasteiger partial charge in [0.05, 0.1) is 6.54 Å². The molecule has 1 N–H and O–H groups in total. The quantitative estimate of drug-likeness (QED) is 0.672. The Kier molecular flexibility index (Phi) is 4.31.